The van der Waals surface area contributed by atoms with Crippen molar-refractivity contribution in [2.24, 2.45) is 5.92 Å². The minimum absolute atomic E-state index is 0.119. The molecule has 0 aromatic heterocycles. The van der Waals surface area contributed by atoms with Crippen LogP contribution in [0.2, 0.25) is 0 Å². The standard InChI is InChI=1S/C15H21BrN2O/c1-10-7-13(8-11(2)15(10)16)18-14(19)4-3-12-5-6-17-9-12/h7-8,12,17H,3-6,9H2,1-2H3,(H,18,19). The molecule has 1 amide bonds. The predicted octanol–water partition coefficient (Wildman–Crippen LogP) is 3.39. The molecule has 1 saturated heterocycles. The van der Waals surface area contributed by atoms with E-state index in [1.54, 1.807) is 0 Å². The summed E-state index contributed by atoms with van der Waals surface area (Å²) < 4.78 is 1.11. The topological polar surface area (TPSA) is 41.1 Å². The van der Waals surface area contributed by atoms with Crippen molar-refractivity contribution in [3.8, 4) is 0 Å². The third kappa shape index (κ3) is 4.05. The first-order valence-electron chi connectivity index (χ1n) is 6.83. The van der Waals surface area contributed by atoms with Crippen LogP contribution in [0.3, 0.4) is 0 Å². The lowest BCUT2D eigenvalue weighted by molar-refractivity contribution is -0.116. The van der Waals surface area contributed by atoms with Gasteiger partial charge in [0.25, 0.3) is 0 Å². The van der Waals surface area contributed by atoms with Crippen LogP contribution in [0.1, 0.15) is 30.4 Å². The molecule has 1 atom stereocenters. The number of anilines is 1. The molecule has 1 aliphatic heterocycles. The van der Waals surface area contributed by atoms with Crippen molar-refractivity contribution in [1.29, 1.82) is 0 Å². The van der Waals surface area contributed by atoms with Crippen LogP contribution < -0.4 is 10.6 Å². The van der Waals surface area contributed by atoms with Crippen LogP contribution in [-0.2, 0) is 4.79 Å². The molecule has 104 valence electrons. The number of carbonyl (C=O) groups excluding carboxylic acids is 1. The van der Waals surface area contributed by atoms with Crippen molar-refractivity contribution in [3.05, 3.63) is 27.7 Å². The Morgan fingerprint density at radius 3 is 2.68 bits per heavy atom. The number of hydrogen-bond acceptors (Lipinski definition) is 2. The lowest BCUT2D eigenvalue weighted by Gasteiger charge is -2.11. The Balaban J connectivity index is 1.87. The Hall–Kier alpha value is -0.870. The van der Waals surface area contributed by atoms with E-state index in [0.29, 0.717) is 12.3 Å². The van der Waals surface area contributed by atoms with E-state index in [4.69, 9.17) is 0 Å². The highest BCUT2D eigenvalue weighted by molar-refractivity contribution is 9.10. The number of rotatable bonds is 4. The summed E-state index contributed by atoms with van der Waals surface area (Å²) in [6.07, 6.45) is 2.79. The van der Waals surface area contributed by atoms with Crippen LogP contribution in [-0.4, -0.2) is 19.0 Å². The molecule has 4 heteroatoms. The normalized spacial score (nSPS) is 18.6. The fraction of sp³-hybridized carbons (Fsp3) is 0.533. The van der Waals surface area contributed by atoms with Gasteiger partial charge in [-0.1, -0.05) is 15.9 Å². The maximum Gasteiger partial charge on any atom is 0.224 e. The minimum Gasteiger partial charge on any atom is -0.326 e. The molecule has 1 heterocycles. The van der Waals surface area contributed by atoms with Crippen LogP contribution in [0.15, 0.2) is 16.6 Å². The van der Waals surface area contributed by atoms with Crippen LogP contribution in [0, 0.1) is 19.8 Å². The van der Waals surface area contributed by atoms with E-state index in [1.165, 1.54) is 6.42 Å². The molecule has 1 unspecified atom stereocenters. The fourth-order valence-corrected chi connectivity index (χ4v) is 2.77. The lowest BCUT2D eigenvalue weighted by Crippen LogP contribution is -2.15. The summed E-state index contributed by atoms with van der Waals surface area (Å²) in [6, 6.07) is 4.01. The number of nitrogens with one attached hydrogen (secondary N) is 2. The largest absolute Gasteiger partial charge is 0.326 e. The van der Waals surface area contributed by atoms with Gasteiger partial charge in [-0.15, -0.1) is 0 Å². The van der Waals surface area contributed by atoms with Crippen molar-refractivity contribution < 1.29 is 4.79 Å². The van der Waals surface area contributed by atoms with Crippen molar-refractivity contribution in [1.82, 2.24) is 5.32 Å². The monoisotopic (exact) mass is 324 g/mol. The smallest absolute Gasteiger partial charge is 0.224 e. The third-order valence-corrected chi connectivity index (χ3v) is 4.91. The first-order valence-corrected chi connectivity index (χ1v) is 7.63. The number of benzene rings is 1. The summed E-state index contributed by atoms with van der Waals surface area (Å²) in [4.78, 5) is 11.9. The summed E-state index contributed by atoms with van der Waals surface area (Å²) in [7, 11) is 0. The highest BCUT2D eigenvalue weighted by Crippen LogP contribution is 2.25. The van der Waals surface area contributed by atoms with Crippen molar-refractivity contribution >= 4 is 27.5 Å². The zero-order valence-corrected chi connectivity index (χ0v) is 13.1. The van der Waals surface area contributed by atoms with Crippen molar-refractivity contribution in [2.45, 2.75) is 33.1 Å². The Bertz CT molecular complexity index is 444. The summed E-state index contributed by atoms with van der Waals surface area (Å²) in [5.74, 6) is 0.784. The Morgan fingerprint density at radius 2 is 2.11 bits per heavy atom. The second kappa shape index (κ2) is 6.53. The van der Waals surface area contributed by atoms with E-state index in [0.717, 1.165) is 40.8 Å². The summed E-state index contributed by atoms with van der Waals surface area (Å²) in [6.45, 7) is 6.23. The molecule has 0 saturated carbocycles. The van der Waals surface area contributed by atoms with E-state index in [9.17, 15) is 4.79 Å². The van der Waals surface area contributed by atoms with Crippen molar-refractivity contribution in [2.75, 3.05) is 18.4 Å². The highest BCUT2D eigenvalue weighted by atomic mass is 79.9. The van der Waals surface area contributed by atoms with Gasteiger partial charge in [0, 0.05) is 16.6 Å². The molecule has 1 fully saturated rings. The molecular weight excluding hydrogens is 304 g/mol. The van der Waals surface area contributed by atoms with Gasteiger partial charge in [0.15, 0.2) is 0 Å². The SMILES string of the molecule is Cc1cc(NC(=O)CCC2CCNC2)cc(C)c1Br. The Morgan fingerprint density at radius 1 is 1.42 bits per heavy atom. The molecule has 1 aromatic carbocycles. The first kappa shape index (κ1) is 14.5. The highest BCUT2D eigenvalue weighted by Gasteiger charge is 2.15. The summed E-state index contributed by atoms with van der Waals surface area (Å²) in [5.41, 5.74) is 3.19. The zero-order chi connectivity index (χ0) is 13.8. The Labute approximate surface area is 123 Å². The second-order valence-electron chi connectivity index (χ2n) is 5.37. The Kier molecular flexibility index (Phi) is 4.99. The number of hydrogen-bond donors (Lipinski definition) is 2. The van der Waals surface area contributed by atoms with Crippen molar-refractivity contribution in [3.63, 3.8) is 0 Å². The molecule has 0 bridgehead atoms. The minimum atomic E-state index is 0.119. The lowest BCUT2D eigenvalue weighted by atomic mass is 10.0. The molecular formula is C15H21BrN2O. The van der Waals surface area contributed by atoms with Gasteiger partial charge in [0.1, 0.15) is 0 Å². The van der Waals surface area contributed by atoms with Crippen LogP contribution >= 0.6 is 15.9 Å². The van der Waals surface area contributed by atoms with Gasteiger partial charge in [-0.2, -0.15) is 0 Å². The van der Waals surface area contributed by atoms with E-state index < -0.39 is 0 Å². The molecule has 1 aliphatic rings. The molecule has 2 N–H and O–H groups in total. The molecule has 0 aliphatic carbocycles. The van der Waals surface area contributed by atoms with Gasteiger partial charge in [-0.05, 0) is 69.0 Å². The fourth-order valence-electron chi connectivity index (χ4n) is 2.54. The number of halogens is 1. The van der Waals surface area contributed by atoms with Gasteiger partial charge in [-0.25, -0.2) is 0 Å². The van der Waals surface area contributed by atoms with E-state index in [1.807, 2.05) is 26.0 Å². The molecule has 3 nitrogen and oxygen atoms in total. The van der Waals surface area contributed by atoms with Crippen LogP contribution in [0.5, 0.6) is 0 Å². The van der Waals surface area contributed by atoms with E-state index >= 15 is 0 Å². The molecule has 0 spiro atoms. The van der Waals surface area contributed by atoms with E-state index in [-0.39, 0.29) is 5.91 Å². The van der Waals surface area contributed by atoms with Crippen LogP contribution in [0.4, 0.5) is 5.69 Å². The maximum atomic E-state index is 11.9. The van der Waals surface area contributed by atoms with E-state index in [2.05, 4.69) is 26.6 Å². The zero-order valence-electron chi connectivity index (χ0n) is 11.6. The number of carbonyl (C=O) groups is 1. The van der Waals surface area contributed by atoms with Gasteiger partial charge >= 0.3 is 0 Å². The van der Waals surface area contributed by atoms with Gasteiger partial charge in [-0.3, -0.25) is 4.79 Å². The number of amides is 1. The molecule has 0 radical (unpaired) electrons. The quantitative estimate of drug-likeness (QED) is 0.891. The second-order valence-corrected chi connectivity index (χ2v) is 6.16. The summed E-state index contributed by atoms with van der Waals surface area (Å²) >= 11 is 3.54. The molecule has 19 heavy (non-hydrogen) atoms. The molecule has 1 aromatic rings. The van der Waals surface area contributed by atoms with Gasteiger partial charge in [0.2, 0.25) is 5.91 Å². The van der Waals surface area contributed by atoms with Gasteiger partial charge in [0.05, 0.1) is 0 Å². The maximum absolute atomic E-state index is 11.9. The first-order chi connectivity index (χ1) is 9.06. The number of aryl methyl sites for hydroxylation is 2. The average Bonchev–Trinajstić information content (AvgIpc) is 2.86. The third-order valence-electron chi connectivity index (χ3n) is 3.66. The van der Waals surface area contributed by atoms with Gasteiger partial charge < -0.3 is 10.6 Å². The predicted molar refractivity (Wildman–Crippen MR) is 82.5 cm³/mol. The molecule has 2 rings (SSSR count). The average molecular weight is 325 g/mol. The summed E-state index contributed by atoms with van der Waals surface area (Å²) in [5, 5.41) is 6.32. The van der Waals surface area contributed by atoms with Crippen LogP contribution in [0.25, 0.3) is 0 Å².